The molecular formula is C13H11NO3S. The van der Waals surface area contributed by atoms with Gasteiger partial charge in [0.25, 0.3) is 5.69 Å². The summed E-state index contributed by atoms with van der Waals surface area (Å²) in [6.45, 7) is 0.409. The molecule has 0 fully saturated rings. The molecule has 92 valence electrons. The van der Waals surface area contributed by atoms with Gasteiger partial charge in [-0.15, -0.1) is 12.6 Å². The van der Waals surface area contributed by atoms with E-state index in [1.54, 1.807) is 6.07 Å². The van der Waals surface area contributed by atoms with E-state index in [-0.39, 0.29) is 5.69 Å². The number of benzene rings is 2. The standard InChI is InChI=1S/C13H11NO3S/c15-14(16)11-6-7-12(13(18)8-11)17-9-10-4-2-1-3-5-10/h1-8,18H,9H2. The lowest BCUT2D eigenvalue weighted by molar-refractivity contribution is -0.385. The number of ether oxygens (including phenoxy) is 1. The fourth-order valence-corrected chi connectivity index (χ4v) is 1.75. The number of nitro benzene ring substituents is 1. The number of hydrogen-bond donors (Lipinski definition) is 1. The van der Waals surface area contributed by atoms with Gasteiger partial charge in [-0.3, -0.25) is 10.1 Å². The molecule has 0 spiro atoms. The number of nitrogens with zero attached hydrogens (tertiary/aromatic N) is 1. The fourth-order valence-electron chi connectivity index (χ4n) is 1.48. The van der Waals surface area contributed by atoms with Crippen LogP contribution < -0.4 is 4.74 Å². The minimum Gasteiger partial charge on any atom is -0.488 e. The van der Waals surface area contributed by atoms with Crippen LogP contribution in [0.2, 0.25) is 0 Å². The molecule has 0 aliphatic rings. The quantitative estimate of drug-likeness (QED) is 0.521. The Morgan fingerprint density at radius 3 is 2.50 bits per heavy atom. The number of non-ortho nitro benzene ring substituents is 1. The summed E-state index contributed by atoms with van der Waals surface area (Å²) in [5.74, 6) is 0.535. The second-order valence-corrected chi connectivity index (χ2v) is 4.17. The minimum atomic E-state index is -0.458. The van der Waals surface area contributed by atoms with Crippen LogP contribution in [0.15, 0.2) is 53.4 Å². The molecule has 0 aliphatic carbocycles. The van der Waals surface area contributed by atoms with Crippen molar-refractivity contribution in [3.8, 4) is 5.75 Å². The first-order valence-corrected chi connectivity index (χ1v) is 5.75. The van der Waals surface area contributed by atoms with E-state index in [4.69, 9.17) is 4.74 Å². The summed E-state index contributed by atoms with van der Waals surface area (Å²) < 4.78 is 5.56. The van der Waals surface area contributed by atoms with E-state index >= 15 is 0 Å². The lowest BCUT2D eigenvalue weighted by Crippen LogP contribution is -1.96. The van der Waals surface area contributed by atoms with Gasteiger partial charge in [0.05, 0.1) is 9.82 Å². The summed E-state index contributed by atoms with van der Waals surface area (Å²) in [5.41, 5.74) is 1.04. The van der Waals surface area contributed by atoms with Gasteiger partial charge in [0.2, 0.25) is 0 Å². The Morgan fingerprint density at radius 1 is 1.17 bits per heavy atom. The maximum atomic E-state index is 10.6. The third-order valence-electron chi connectivity index (χ3n) is 2.39. The Kier molecular flexibility index (Phi) is 3.84. The van der Waals surface area contributed by atoms with Gasteiger partial charge in [-0.05, 0) is 11.6 Å². The molecule has 18 heavy (non-hydrogen) atoms. The SMILES string of the molecule is O=[N+]([O-])c1ccc(OCc2ccccc2)c(S)c1. The highest BCUT2D eigenvalue weighted by Gasteiger charge is 2.09. The van der Waals surface area contributed by atoms with Gasteiger partial charge in [0, 0.05) is 12.1 Å². The molecule has 5 heteroatoms. The molecule has 0 aromatic heterocycles. The van der Waals surface area contributed by atoms with Gasteiger partial charge in [-0.1, -0.05) is 30.3 Å². The smallest absolute Gasteiger partial charge is 0.270 e. The number of thiol groups is 1. The van der Waals surface area contributed by atoms with Crippen LogP contribution in [-0.4, -0.2) is 4.92 Å². The van der Waals surface area contributed by atoms with Crippen molar-refractivity contribution in [2.24, 2.45) is 0 Å². The first kappa shape index (κ1) is 12.4. The summed E-state index contributed by atoms with van der Waals surface area (Å²) in [6, 6.07) is 14.0. The summed E-state index contributed by atoms with van der Waals surface area (Å²) in [6.07, 6.45) is 0. The van der Waals surface area contributed by atoms with Crippen molar-refractivity contribution >= 4 is 18.3 Å². The monoisotopic (exact) mass is 261 g/mol. The van der Waals surface area contributed by atoms with Gasteiger partial charge in [0.15, 0.2) is 0 Å². The molecule has 0 atom stereocenters. The second-order valence-electron chi connectivity index (χ2n) is 3.68. The summed E-state index contributed by atoms with van der Waals surface area (Å²) in [5, 5.41) is 10.6. The van der Waals surface area contributed by atoms with Crippen molar-refractivity contribution in [1.29, 1.82) is 0 Å². The van der Waals surface area contributed by atoms with Gasteiger partial charge in [-0.2, -0.15) is 0 Å². The molecule has 4 nitrogen and oxygen atoms in total. The zero-order valence-corrected chi connectivity index (χ0v) is 10.3. The predicted molar refractivity (Wildman–Crippen MR) is 71.1 cm³/mol. The average Bonchev–Trinajstić information content (AvgIpc) is 2.38. The first-order valence-electron chi connectivity index (χ1n) is 5.31. The molecule has 2 aromatic carbocycles. The third kappa shape index (κ3) is 3.01. The molecule has 0 saturated carbocycles. The average molecular weight is 261 g/mol. The summed E-state index contributed by atoms with van der Waals surface area (Å²) in [7, 11) is 0. The highest BCUT2D eigenvalue weighted by atomic mass is 32.1. The maximum absolute atomic E-state index is 10.6. The van der Waals surface area contributed by atoms with E-state index in [0.29, 0.717) is 17.3 Å². The zero-order chi connectivity index (χ0) is 13.0. The zero-order valence-electron chi connectivity index (χ0n) is 9.45. The third-order valence-corrected chi connectivity index (χ3v) is 2.74. The Morgan fingerprint density at radius 2 is 1.89 bits per heavy atom. The van der Waals surface area contributed by atoms with E-state index in [2.05, 4.69) is 12.6 Å². The summed E-state index contributed by atoms with van der Waals surface area (Å²) >= 11 is 4.18. The van der Waals surface area contributed by atoms with Crippen LogP contribution >= 0.6 is 12.6 Å². The molecule has 0 radical (unpaired) electrons. The molecule has 0 heterocycles. The minimum absolute atomic E-state index is 0.00654. The predicted octanol–water partition coefficient (Wildman–Crippen LogP) is 3.46. The molecule has 2 rings (SSSR count). The molecule has 0 N–H and O–H groups in total. The van der Waals surface area contributed by atoms with E-state index in [9.17, 15) is 10.1 Å². The van der Waals surface area contributed by atoms with Gasteiger partial charge >= 0.3 is 0 Å². The molecular weight excluding hydrogens is 250 g/mol. The fraction of sp³-hybridized carbons (Fsp3) is 0.0769. The van der Waals surface area contributed by atoms with Crippen LogP contribution in [0.25, 0.3) is 0 Å². The maximum Gasteiger partial charge on any atom is 0.270 e. The number of nitro groups is 1. The van der Waals surface area contributed by atoms with Crippen LogP contribution in [-0.2, 0) is 6.61 Å². The Bertz CT molecular complexity index is 557. The highest BCUT2D eigenvalue weighted by molar-refractivity contribution is 7.80. The normalized spacial score (nSPS) is 10.1. The van der Waals surface area contributed by atoms with Crippen LogP contribution in [0, 0.1) is 10.1 Å². The van der Waals surface area contributed by atoms with Crippen LogP contribution in [0.5, 0.6) is 5.75 Å². The van der Waals surface area contributed by atoms with Crippen LogP contribution in [0.1, 0.15) is 5.56 Å². The van der Waals surface area contributed by atoms with Crippen molar-refractivity contribution in [3.05, 3.63) is 64.2 Å². The van der Waals surface area contributed by atoms with Crippen LogP contribution in [0.3, 0.4) is 0 Å². The largest absolute Gasteiger partial charge is 0.488 e. The Balaban J connectivity index is 2.08. The van der Waals surface area contributed by atoms with Crippen molar-refractivity contribution in [2.75, 3.05) is 0 Å². The lowest BCUT2D eigenvalue weighted by Gasteiger charge is -2.08. The molecule has 0 unspecified atom stereocenters. The second kappa shape index (κ2) is 5.55. The molecule has 0 aliphatic heterocycles. The molecule has 2 aromatic rings. The van der Waals surface area contributed by atoms with Crippen molar-refractivity contribution in [1.82, 2.24) is 0 Å². The number of hydrogen-bond acceptors (Lipinski definition) is 4. The van der Waals surface area contributed by atoms with E-state index in [0.717, 1.165) is 5.56 Å². The van der Waals surface area contributed by atoms with E-state index < -0.39 is 4.92 Å². The molecule has 0 saturated heterocycles. The van der Waals surface area contributed by atoms with Crippen molar-refractivity contribution in [2.45, 2.75) is 11.5 Å². The highest BCUT2D eigenvalue weighted by Crippen LogP contribution is 2.27. The summed E-state index contributed by atoms with van der Waals surface area (Å²) in [4.78, 5) is 10.6. The van der Waals surface area contributed by atoms with Crippen LogP contribution in [0.4, 0.5) is 5.69 Å². The lowest BCUT2D eigenvalue weighted by atomic mass is 10.2. The Hall–Kier alpha value is -2.01. The first-order chi connectivity index (χ1) is 8.66. The van der Waals surface area contributed by atoms with Crippen molar-refractivity contribution in [3.63, 3.8) is 0 Å². The Labute approximate surface area is 110 Å². The van der Waals surface area contributed by atoms with Gasteiger partial charge in [-0.25, -0.2) is 0 Å². The topological polar surface area (TPSA) is 52.4 Å². The number of rotatable bonds is 4. The van der Waals surface area contributed by atoms with Gasteiger partial charge in [0.1, 0.15) is 12.4 Å². The molecule has 0 bridgehead atoms. The van der Waals surface area contributed by atoms with Crippen molar-refractivity contribution < 1.29 is 9.66 Å². The van der Waals surface area contributed by atoms with E-state index in [1.165, 1.54) is 12.1 Å². The van der Waals surface area contributed by atoms with Gasteiger partial charge < -0.3 is 4.74 Å². The van der Waals surface area contributed by atoms with E-state index in [1.807, 2.05) is 30.3 Å². The molecule has 0 amide bonds.